The Morgan fingerprint density at radius 1 is 0.926 bits per heavy atom. The van der Waals surface area contributed by atoms with E-state index < -0.39 is 11.8 Å². The van der Waals surface area contributed by atoms with Crippen molar-refractivity contribution in [3.05, 3.63) is 71.8 Å². The van der Waals surface area contributed by atoms with Gasteiger partial charge in [-0.25, -0.2) is 0 Å². The monoisotopic (exact) mass is 365 g/mol. The zero-order valence-corrected chi connectivity index (χ0v) is 15.4. The van der Waals surface area contributed by atoms with Gasteiger partial charge < -0.3 is 5.32 Å². The molecule has 0 radical (unpaired) electrons. The van der Waals surface area contributed by atoms with Crippen molar-refractivity contribution in [1.82, 2.24) is 10.9 Å². The molecule has 6 nitrogen and oxygen atoms in total. The first-order valence-corrected chi connectivity index (χ1v) is 8.67. The SMILES string of the molecule is CC(C)CC(=O)Nc1ccc(C(=O)NNC(=O)/C=C/c2ccccc2)cc1. The van der Waals surface area contributed by atoms with E-state index in [0.717, 1.165) is 5.56 Å². The Labute approximate surface area is 158 Å². The number of carbonyl (C=O) groups is 3. The van der Waals surface area contributed by atoms with Gasteiger partial charge in [0.25, 0.3) is 11.8 Å². The van der Waals surface area contributed by atoms with E-state index in [1.165, 1.54) is 6.08 Å². The molecule has 0 atom stereocenters. The van der Waals surface area contributed by atoms with Crippen LogP contribution in [-0.2, 0) is 9.59 Å². The normalized spacial score (nSPS) is 10.6. The van der Waals surface area contributed by atoms with Crippen molar-refractivity contribution in [3.63, 3.8) is 0 Å². The minimum absolute atomic E-state index is 0.0698. The zero-order valence-electron chi connectivity index (χ0n) is 15.4. The van der Waals surface area contributed by atoms with Crippen molar-refractivity contribution >= 4 is 29.5 Å². The molecule has 2 aromatic carbocycles. The molecule has 0 unspecified atom stereocenters. The van der Waals surface area contributed by atoms with Gasteiger partial charge in [-0.05, 0) is 41.8 Å². The van der Waals surface area contributed by atoms with Crippen LogP contribution in [0.15, 0.2) is 60.7 Å². The third-order valence-electron chi connectivity index (χ3n) is 3.55. The molecule has 0 aliphatic carbocycles. The third kappa shape index (κ3) is 7.15. The molecule has 0 bridgehead atoms. The fourth-order valence-corrected chi connectivity index (χ4v) is 2.26. The van der Waals surface area contributed by atoms with Crippen molar-refractivity contribution in [2.45, 2.75) is 20.3 Å². The van der Waals surface area contributed by atoms with Gasteiger partial charge in [-0.1, -0.05) is 44.2 Å². The molecular weight excluding hydrogens is 342 g/mol. The molecule has 0 saturated heterocycles. The average Bonchev–Trinajstić information content (AvgIpc) is 2.65. The molecule has 3 N–H and O–H groups in total. The largest absolute Gasteiger partial charge is 0.326 e. The number of carbonyl (C=O) groups excluding carboxylic acids is 3. The second-order valence-electron chi connectivity index (χ2n) is 6.41. The van der Waals surface area contributed by atoms with Crippen LogP contribution in [0.25, 0.3) is 6.08 Å². The van der Waals surface area contributed by atoms with Crippen molar-refractivity contribution in [1.29, 1.82) is 0 Å². The van der Waals surface area contributed by atoms with Gasteiger partial charge in [-0.3, -0.25) is 25.2 Å². The Bertz CT molecular complexity index is 812. The third-order valence-corrected chi connectivity index (χ3v) is 3.55. The van der Waals surface area contributed by atoms with E-state index in [1.54, 1.807) is 30.3 Å². The fraction of sp³-hybridized carbons (Fsp3) is 0.190. The molecule has 2 rings (SSSR count). The molecular formula is C21H23N3O3. The maximum Gasteiger partial charge on any atom is 0.269 e. The van der Waals surface area contributed by atoms with E-state index in [-0.39, 0.29) is 11.8 Å². The molecule has 140 valence electrons. The number of benzene rings is 2. The Balaban J connectivity index is 1.82. The van der Waals surface area contributed by atoms with Crippen LogP contribution in [0.5, 0.6) is 0 Å². The standard InChI is InChI=1S/C21H23N3O3/c1-15(2)14-20(26)22-18-11-9-17(10-12-18)21(27)24-23-19(25)13-8-16-6-4-3-5-7-16/h3-13,15H,14H2,1-2H3,(H,22,26)(H,23,25)(H,24,27)/b13-8+. The van der Waals surface area contributed by atoms with E-state index in [9.17, 15) is 14.4 Å². The van der Waals surface area contributed by atoms with Gasteiger partial charge in [0.15, 0.2) is 0 Å². The first-order valence-electron chi connectivity index (χ1n) is 8.67. The topological polar surface area (TPSA) is 87.3 Å². The Kier molecular flexibility index (Phi) is 7.31. The highest BCUT2D eigenvalue weighted by atomic mass is 16.2. The molecule has 0 saturated carbocycles. The highest BCUT2D eigenvalue weighted by Crippen LogP contribution is 2.11. The number of rotatable bonds is 6. The molecule has 27 heavy (non-hydrogen) atoms. The predicted molar refractivity (Wildman–Crippen MR) is 106 cm³/mol. The van der Waals surface area contributed by atoms with Crippen LogP contribution >= 0.6 is 0 Å². The number of anilines is 1. The summed E-state index contributed by atoms with van der Waals surface area (Å²) in [6.45, 7) is 3.94. The average molecular weight is 365 g/mol. The maximum atomic E-state index is 12.1. The first kappa shape index (κ1) is 19.9. The van der Waals surface area contributed by atoms with E-state index in [0.29, 0.717) is 17.7 Å². The molecule has 3 amide bonds. The van der Waals surface area contributed by atoms with Gasteiger partial charge in [0.05, 0.1) is 0 Å². The number of hydrogen-bond donors (Lipinski definition) is 3. The van der Waals surface area contributed by atoms with Crippen molar-refractivity contribution in [2.24, 2.45) is 5.92 Å². The Morgan fingerprint density at radius 2 is 1.59 bits per heavy atom. The maximum absolute atomic E-state index is 12.1. The second kappa shape index (κ2) is 9.91. The van der Waals surface area contributed by atoms with Crippen molar-refractivity contribution in [2.75, 3.05) is 5.32 Å². The molecule has 6 heteroatoms. The summed E-state index contributed by atoms with van der Waals surface area (Å²) < 4.78 is 0. The first-order chi connectivity index (χ1) is 12.9. The summed E-state index contributed by atoms with van der Waals surface area (Å²) in [4.78, 5) is 35.6. The highest BCUT2D eigenvalue weighted by molar-refractivity contribution is 5.98. The molecule has 2 aromatic rings. The summed E-state index contributed by atoms with van der Waals surface area (Å²) >= 11 is 0. The summed E-state index contributed by atoms with van der Waals surface area (Å²) in [6.07, 6.45) is 3.42. The Morgan fingerprint density at radius 3 is 2.22 bits per heavy atom. The van der Waals surface area contributed by atoms with Crippen LogP contribution in [0.4, 0.5) is 5.69 Å². The lowest BCUT2D eigenvalue weighted by Gasteiger charge is -2.08. The number of nitrogens with one attached hydrogen (secondary N) is 3. The minimum atomic E-state index is -0.448. The summed E-state index contributed by atoms with van der Waals surface area (Å²) in [7, 11) is 0. The number of hydrogen-bond acceptors (Lipinski definition) is 3. The van der Waals surface area contributed by atoms with Gasteiger partial charge in [0.2, 0.25) is 5.91 Å². The number of amides is 3. The zero-order chi connectivity index (χ0) is 19.6. The van der Waals surface area contributed by atoms with Crippen LogP contribution in [0.3, 0.4) is 0 Å². The highest BCUT2D eigenvalue weighted by Gasteiger charge is 2.08. The van der Waals surface area contributed by atoms with Gasteiger partial charge in [0, 0.05) is 23.7 Å². The second-order valence-corrected chi connectivity index (χ2v) is 6.41. The molecule has 0 aliphatic heterocycles. The van der Waals surface area contributed by atoms with Crippen LogP contribution < -0.4 is 16.2 Å². The summed E-state index contributed by atoms with van der Waals surface area (Å²) in [5.41, 5.74) is 6.53. The predicted octanol–water partition coefficient (Wildman–Crippen LogP) is 3.15. The summed E-state index contributed by atoms with van der Waals surface area (Å²) in [5, 5.41) is 2.77. The van der Waals surface area contributed by atoms with Crippen LogP contribution in [0, 0.1) is 5.92 Å². The van der Waals surface area contributed by atoms with Crippen LogP contribution in [-0.4, -0.2) is 17.7 Å². The van der Waals surface area contributed by atoms with E-state index in [4.69, 9.17) is 0 Å². The molecule has 0 spiro atoms. The van der Waals surface area contributed by atoms with Gasteiger partial charge in [-0.15, -0.1) is 0 Å². The number of hydrazine groups is 1. The van der Waals surface area contributed by atoms with E-state index >= 15 is 0 Å². The van der Waals surface area contributed by atoms with Crippen LogP contribution in [0.1, 0.15) is 36.2 Å². The van der Waals surface area contributed by atoms with Gasteiger partial charge >= 0.3 is 0 Å². The van der Waals surface area contributed by atoms with Crippen molar-refractivity contribution in [3.8, 4) is 0 Å². The van der Waals surface area contributed by atoms with Crippen molar-refractivity contribution < 1.29 is 14.4 Å². The lowest BCUT2D eigenvalue weighted by atomic mass is 10.1. The summed E-state index contributed by atoms with van der Waals surface area (Å²) in [6, 6.07) is 15.8. The molecule has 0 aromatic heterocycles. The fourth-order valence-electron chi connectivity index (χ4n) is 2.26. The smallest absolute Gasteiger partial charge is 0.269 e. The molecule has 0 heterocycles. The minimum Gasteiger partial charge on any atom is -0.326 e. The Hall–Kier alpha value is -3.41. The van der Waals surface area contributed by atoms with Crippen LogP contribution in [0.2, 0.25) is 0 Å². The lowest BCUT2D eigenvalue weighted by molar-refractivity contribution is -0.117. The van der Waals surface area contributed by atoms with E-state index in [2.05, 4.69) is 16.2 Å². The quantitative estimate of drug-likeness (QED) is 0.543. The summed E-state index contributed by atoms with van der Waals surface area (Å²) in [5.74, 6) is -0.685. The lowest BCUT2D eigenvalue weighted by Crippen LogP contribution is -2.40. The van der Waals surface area contributed by atoms with Gasteiger partial charge in [0.1, 0.15) is 0 Å². The van der Waals surface area contributed by atoms with E-state index in [1.807, 2.05) is 44.2 Å². The van der Waals surface area contributed by atoms with Gasteiger partial charge in [-0.2, -0.15) is 0 Å². The molecule has 0 fully saturated rings. The molecule has 0 aliphatic rings.